The summed E-state index contributed by atoms with van der Waals surface area (Å²) in [5, 5.41) is 3.08. The second-order valence-electron chi connectivity index (χ2n) is 7.69. The molecule has 1 amide bonds. The summed E-state index contributed by atoms with van der Waals surface area (Å²) < 4.78 is 14.3. The van der Waals surface area contributed by atoms with E-state index in [2.05, 4.69) is 31.9 Å². The molecule has 4 rings (SSSR count). The van der Waals surface area contributed by atoms with Crippen molar-refractivity contribution in [3.63, 3.8) is 0 Å². The number of imidazole rings is 1. The fourth-order valence-corrected chi connectivity index (χ4v) is 3.97. The van der Waals surface area contributed by atoms with E-state index in [0.717, 1.165) is 45.8 Å². The van der Waals surface area contributed by atoms with Crippen LogP contribution in [0.15, 0.2) is 77.3 Å². The van der Waals surface area contributed by atoms with E-state index in [9.17, 15) is 4.79 Å². The lowest BCUT2D eigenvalue weighted by molar-refractivity contribution is 0.0937. The average Bonchev–Trinajstić information content (AvgIpc) is 3.21. The smallest absolute Gasteiger partial charge is 0.251 e. The summed E-state index contributed by atoms with van der Waals surface area (Å²) in [5.74, 6) is 2.24. The standard InChI is InChI=1S/C26H26BrN3O3/c1-18(28-26(31)19-11-13-20(27)14-12-19)25-29-23-9-3-4-10-24(23)30(25)15-6-16-33-22-8-5-7-21(17-22)32-2/h3-5,7-14,17-18H,6,15-16H2,1-2H3,(H,28,31). The van der Waals surface area contributed by atoms with Gasteiger partial charge in [-0.3, -0.25) is 4.79 Å². The second kappa shape index (κ2) is 10.5. The molecule has 3 aromatic carbocycles. The van der Waals surface area contributed by atoms with Crippen LogP contribution in [0.5, 0.6) is 11.5 Å². The minimum Gasteiger partial charge on any atom is -0.497 e. The van der Waals surface area contributed by atoms with Gasteiger partial charge in [-0.25, -0.2) is 4.98 Å². The number of hydrogen-bond donors (Lipinski definition) is 1. The van der Waals surface area contributed by atoms with E-state index in [1.807, 2.05) is 61.5 Å². The van der Waals surface area contributed by atoms with Crippen molar-refractivity contribution in [3.8, 4) is 11.5 Å². The van der Waals surface area contributed by atoms with Gasteiger partial charge >= 0.3 is 0 Å². The number of rotatable bonds is 9. The number of carbonyl (C=O) groups excluding carboxylic acids is 1. The molecule has 6 nitrogen and oxygen atoms in total. The van der Waals surface area contributed by atoms with Gasteiger partial charge in [-0.15, -0.1) is 0 Å². The van der Waals surface area contributed by atoms with Crippen molar-refractivity contribution in [2.45, 2.75) is 25.9 Å². The number of amides is 1. The van der Waals surface area contributed by atoms with Crippen LogP contribution in [0.3, 0.4) is 0 Å². The topological polar surface area (TPSA) is 65.4 Å². The number of ether oxygens (including phenoxy) is 2. The van der Waals surface area contributed by atoms with Gasteiger partial charge in [0.1, 0.15) is 17.3 Å². The molecule has 1 aromatic heterocycles. The predicted molar refractivity (Wildman–Crippen MR) is 133 cm³/mol. The third kappa shape index (κ3) is 5.54. The molecule has 170 valence electrons. The SMILES string of the molecule is COc1cccc(OCCCn2c(C(C)NC(=O)c3ccc(Br)cc3)nc3ccccc32)c1. The highest BCUT2D eigenvalue weighted by atomic mass is 79.9. The Labute approximate surface area is 201 Å². The van der Waals surface area contributed by atoms with E-state index in [1.54, 1.807) is 19.2 Å². The van der Waals surface area contributed by atoms with Crippen LogP contribution in [0.2, 0.25) is 0 Å². The van der Waals surface area contributed by atoms with E-state index in [0.29, 0.717) is 12.2 Å². The van der Waals surface area contributed by atoms with Gasteiger partial charge in [0.05, 0.1) is 30.8 Å². The van der Waals surface area contributed by atoms with Crippen LogP contribution in [-0.2, 0) is 6.54 Å². The number of halogens is 1. The first-order valence-corrected chi connectivity index (χ1v) is 11.6. The molecule has 4 aromatic rings. The zero-order valence-corrected chi connectivity index (χ0v) is 20.2. The molecular weight excluding hydrogens is 482 g/mol. The summed E-state index contributed by atoms with van der Waals surface area (Å²) in [6, 6.07) is 22.7. The number of fused-ring (bicyclic) bond motifs is 1. The largest absolute Gasteiger partial charge is 0.497 e. The van der Waals surface area contributed by atoms with Gasteiger partial charge in [0, 0.05) is 22.6 Å². The minimum absolute atomic E-state index is 0.130. The molecule has 0 saturated heterocycles. The van der Waals surface area contributed by atoms with Crippen molar-refractivity contribution in [2.75, 3.05) is 13.7 Å². The predicted octanol–water partition coefficient (Wildman–Crippen LogP) is 5.77. The summed E-state index contributed by atoms with van der Waals surface area (Å²) in [7, 11) is 1.64. The maximum Gasteiger partial charge on any atom is 0.251 e. The molecule has 0 saturated carbocycles. The van der Waals surface area contributed by atoms with E-state index >= 15 is 0 Å². The van der Waals surface area contributed by atoms with Crippen LogP contribution in [-0.4, -0.2) is 29.2 Å². The summed E-state index contributed by atoms with van der Waals surface area (Å²) in [5.41, 5.74) is 2.56. The first-order chi connectivity index (χ1) is 16.0. The Hall–Kier alpha value is -3.32. The molecular formula is C26H26BrN3O3. The van der Waals surface area contributed by atoms with Crippen LogP contribution in [0.4, 0.5) is 0 Å². The lowest BCUT2D eigenvalue weighted by Crippen LogP contribution is -2.28. The number of para-hydroxylation sites is 2. The monoisotopic (exact) mass is 507 g/mol. The number of methoxy groups -OCH3 is 1. The summed E-state index contributed by atoms with van der Waals surface area (Å²) in [4.78, 5) is 17.6. The van der Waals surface area contributed by atoms with Crippen LogP contribution < -0.4 is 14.8 Å². The Morgan fingerprint density at radius 2 is 1.82 bits per heavy atom. The van der Waals surface area contributed by atoms with E-state index < -0.39 is 0 Å². The fourth-order valence-electron chi connectivity index (χ4n) is 3.71. The molecule has 1 unspecified atom stereocenters. The molecule has 1 heterocycles. The minimum atomic E-state index is -0.257. The van der Waals surface area contributed by atoms with Gasteiger partial charge in [-0.1, -0.05) is 34.1 Å². The Morgan fingerprint density at radius 3 is 2.61 bits per heavy atom. The van der Waals surface area contributed by atoms with Gasteiger partial charge in [0.15, 0.2) is 0 Å². The van der Waals surface area contributed by atoms with Crippen LogP contribution in [0.25, 0.3) is 11.0 Å². The van der Waals surface area contributed by atoms with E-state index in [-0.39, 0.29) is 11.9 Å². The molecule has 0 spiro atoms. The molecule has 33 heavy (non-hydrogen) atoms. The second-order valence-corrected chi connectivity index (χ2v) is 8.61. The Bertz CT molecular complexity index is 1240. The van der Waals surface area contributed by atoms with Crippen LogP contribution >= 0.6 is 15.9 Å². The molecule has 7 heteroatoms. The first-order valence-electron chi connectivity index (χ1n) is 10.8. The van der Waals surface area contributed by atoms with Gasteiger partial charge in [0.25, 0.3) is 5.91 Å². The molecule has 0 fully saturated rings. The first kappa shape index (κ1) is 22.9. The zero-order chi connectivity index (χ0) is 23.2. The lowest BCUT2D eigenvalue weighted by Gasteiger charge is -2.17. The van der Waals surface area contributed by atoms with E-state index in [1.165, 1.54) is 0 Å². The van der Waals surface area contributed by atoms with Crippen molar-refractivity contribution in [2.24, 2.45) is 0 Å². The Balaban J connectivity index is 1.46. The number of hydrogen-bond acceptors (Lipinski definition) is 4. The lowest BCUT2D eigenvalue weighted by atomic mass is 10.2. The number of nitrogens with zero attached hydrogens (tertiary/aromatic N) is 2. The summed E-state index contributed by atoms with van der Waals surface area (Å²) in [6.45, 7) is 3.23. The summed E-state index contributed by atoms with van der Waals surface area (Å²) >= 11 is 3.40. The maximum atomic E-state index is 12.7. The van der Waals surface area contributed by atoms with Crippen molar-refractivity contribution in [1.82, 2.24) is 14.9 Å². The summed E-state index contributed by atoms with van der Waals surface area (Å²) in [6.07, 6.45) is 0.790. The third-order valence-electron chi connectivity index (χ3n) is 5.36. The third-order valence-corrected chi connectivity index (χ3v) is 5.89. The molecule has 0 bridgehead atoms. The van der Waals surface area contributed by atoms with Gasteiger partial charge in [-0.2, -0.15) is 0 Å². The highest BCUT2D eigenvalue weighted by Gasteiger charge is 2.19. The average molecular weight is 508 g/mol. The maximum absolute atomic E-state index is 12.7. The number of nitrogens with one attached hydrogen (secondary N) is 1. The van der Waals surface area contributed by atoms with Gasteiger partial charge in [0.2, 0.25) is 0 Å². The van der Waals surface area contributed by atoms with Crippen LogP contribution in [0.1, 0.15) is 35.6 Å². The zero-order valence-electron chi connectivity index (χ0n) is 18.6. The Kier molecular flexibility index (Phi) is 7.29. The number of aryl methyl sites for hydroxylation is 1. The van der Waals surface area contributed by atoms with Crippen LogP contribution in [0, 0.1) is 0 Å². The van der Waals surface area contributed by atoms with E-state index in [4.69, 9.17) is 14.5 Å². The van der Waals surface area contributed by atoms with Crippen molar-refractivity contribution in [1.29, 1.82) is 0 Å². The fraction of sp³-hybridized carbons (Fsp3) is 0.231. The molecule has 0 aliphatic carbocycles. The van der Waals surface area contributed by atoms with Crippen molar-refractivity contribution < 1.29 is 14.3 Å². The quantitative estimate of drug-likeness (QED) is 0.292. The number of benzene rings is 3. The van der Waals surface area contributed by atoms with Gasteiger partial charge in [-0.05, 0) is 61.9 Å². The molecule has 0 aliphatic heterocycles. The number of carbonyl (C=O) groups is 1. The molecule has 1 atom stereocenters. The van der Waals surface area contributed by atoms with Gasteiger partial charge < -0.3 is 19.4 Å². The molecule has 0 radical (unpaired) electrons. The molecule has 1 N–H and O–H groups in total. The highest BCUT2D eigenvalue weighted by molar-refractivity contribution is 9.10. The number of aromatic nitrogens is 2. The molecule has 0 aliphatic rings. The van der Waals surface area contributed by atoms with Crippen molar-refractivity contribution in [3.05, 3.63) is 88.7 Å². The normalized spacial score (nSPS) is 11.8. The highest BCUT2D eigenvalue weighted by Crippen LogP contribution is 2.23. The van der Waals surface area contributed by atoms with Crippen molar-refractivity contribution >= 4 is 32.9 Å². The Morgan fingerprint density at radius 1 is 1.06 bits per heavy atom.